The maximum Gasteiger partial charge on any atom is 0.407 e. The Labute approximate surface area is 458 Å². The maximum atomic E-state index is 15.0. The molecule has 4 aliphatic rings. The summed E-state index contributed by atoms with van der Waals surface area (Å²) in [6.45, 7) is 8.19. The zero-order valence-electron chi connectivity index (χ0n) is 45.6. The van der Waals surface area contributed by atoms with Crippen LogP contribution < -0.4 is 32.6 Å². The molecule has 21 heteroatoms. The number of benzene rings is 2. The molecule has 5 atom stereocenters. The van der Waals surface area contributed by atoms with E-state index in [1.807, 2.05) is 6.92 Å². The molecular formula is C58H73FN8O12. The first-order valence-electron chi connectivity index (χ1n) is 27.8. The fourth-order valence-corrected chi connectivity index (χ4v) is 11.5. The predicted molar refractivity (Wildman–Crippen MR) is 289 cm³/mol. The van der Waals surface area contributed by atoms with Gasteiger partial charge in [-0.25, -0.2) is 14.2 Å². The van der Waals surface area contributed by atoms with Gasteiger partial charge in [0.05, 0.1) is 73.8 Å². The summed E-state index contributed by atoms with van der Waals surface area (Å²) in [5.41, 5.74) is 10.4. The fourth-order valence-electron chi connectivity index (χ4n) is 11.5. The normalized spacial score (nSPS) is 17.9. The molecule has 2 aromatic carbocycles. The number of esters is 1. The predicted octanol–water partition coefficient (Wildman–Crippen LogP) is 5.92. The second-order valence-corrected chi connectivity index (χ2v) is 21.0. The van der Waals surface area contributed by atoms with Crippen LogP contribution in [0.5, 0.6) is 0 Å². The Kier molecular flexibility index (Phi) is 19.6. The topological polar surface area (TPSA) is 269 Å². The summed E-state index contributed by atoms with van der Waals surface area (Å²) in [5, 5.41) is 11.6. The van der Waals surface area contributed by atoms with Gasteiger partial charge in [0.1, 0.15) is 31.1 Å². The highest BCUT2D eigenvalue weighted by Crippen LogP contribution is 2.42. The van der Waals surface area contributed by atoms with Crippen molar-refractivity contribution in [3.63, 3.8) is 0 Å². The number of nitrogens with two attached hydrogens (primary N) is 1. The van der Waals surface area contributed by atoms with Crippen LogP contribution >= 0.6 is 0 Å². The van der Waals surface area contributed by atoms with Crippen molar-refractivity contribution in [3.05, 3.63) is 92.0 Å². The number of carbonyl (C=O) groups is 7. The number of nitrogens with zero attached hydrogens (tertiary/aromatic N) is 3. The summed E-state index contributed by atoms with van der Waals surface area (Å²) in [6.07, 6.45) is 6.91. The number of aromatic nitrogens is 2. The summed E-state index contributed by atoms with van der Waals surface area (Å²) in [4.78, 5) is 111. The second-order valence-electron chi connectivity index (χ2n) is 21.0. The van der Waals surface area contributed by atoms with E-state index in [-0.39, 0.29) is 108 Å². The molecule has 0 spiro atoms. The first kappa shape index (κ1) is 58.1. The number of nitrogens with one attached hydrogen (secondary N) is 4. The van der Waals surface area contributed by atoms with Gasteiger partial charge in [0, 0.05) is 42.1 Å². The van der Waals surface area contributed by atoms with Crippen molar-refractivity contribution in [1.29, 1.82) is 0 Å². The minimum absolute atomic E-state index is 0.0288. The third-order valence-electron chi connectivity index (χ3n) is 15.8. The molecule has 0 bridgehead atoms. The van der Waals surface area contributed by atoms with Crippen molar-refractivity contribution < 1.29 is 56.9 Å². The molecule has 1 saturated carbocycles. The smallest absolute Gasteiger partial charge is 0.407 e. The van der Waals surface area contributed by atoms with Crippen molar-refractivity contribution >= 4 is 58.2 Å². The Morgan fingerprint density at radius 2 is 1.67 bits per heavy atom. The van der Waals surface area contributed by atoms with Crippen LogP contribution in [0.25, 0.3) is 22.3 Å². The molecule has 4 aromatic rings. The van der Waals surface area contributed by atoms with Gasteiger partial charge in [0.15, 0.2) is 0 Å². The third kappa shape index (κ3) is 13.7. The van der Waals surface area contributed by atoms with E-state index in [2.05, 4.69) is 28.2 Å². The highest BCUT2D eigenvalue weighted by molar-refractivity contribution is 6.03. The number of aryl methyl sites for hydroxylation is 1. The lowest BCUT2D eigenvalue weighted by Crippen LogP contribution is -2.51. The van der Waals surface area contributed by atoms with Crippen LogP contribution in [0.1, 0.15) is 131 Å². The number of pyridine rings is 2. The molecule has 3 unspecified atom stereocenters. The summed E-state index contributed by atoms with van der Waals surface area (Å²) in [7, 11) is 0. The summed E-state index contributed by atoms with van der Waals surface area (Å²) in [5.74, 6) is -2.65. The lowest BCUT2D eigenvalue weighted by molar-refractivity contribution is -0.148. The van der Waals surface area contributed by atoms with Gasteiger partial charge in [-0.3, -0.25) is 38.5 Å². The number of unbranched alkanes of at least 4 members (excludes halogenated alkanes) is 1. The summed E-state index contributed by atoms with van der Waals surface area (Å²) < 4.78 is 38.6. The van der Waals surface area contributed by atoms with Gasteiger partial charge >= 0.3 is 12.1 Å². The Bertz CT molecular complexity index is 3000. The number of imide groups is 1. The van der Waals surface area contributed by atoms with Crippen molar-refractivity contribution in [2.45, 2.75) is 143 Å². The molecule has 6 amide bonds. The van der Waals surface area contributed by atoms with E-state index >= 15 is 0 Å². The first-order chi connectivity index (χ1) is 38.1. The quantitative estimate of drug-likeness (QED) is 0.0245. The Balaban J connectivity index is 0.768. The van der Waals surface area contributed by atoms with E-state index in [0.29, 0.717) is 93.1 Å². The maximum absolute atomic E-state index is 15.0. The number of ether oxygens (including phenoxy) is 4. The van der Waals surface area contributed by atoms with Crippen LogP contribution in [0.3, 0.4) is 0 Å². The molecule has 20 nitrogen and oxygen atoms in total. The number of hydrogen-bond donors (Lipinski definition) is 5. The third-order valence-corrected chi connectivity index (χ3v) is 15.8. The SMILES string of the molecule is CCC1C(=O)OCc2c1cc1n(c2=O)Cc2c-1nc1cc(F)c(C)cc1c2CNC(=O)OCc1ccc(NC(=O)[C@H](CCCCN)NC(=O)[C@H](C)NC(=O)CCOCCOCCN2C(=O)CC(C(CC)C3CCCC3)C2=O)cc1. The molecule has 79 heavy (non-hydrogen) atoms. The number of fused-ring (bicyclic) bond motifs is 5. The molecular weight excluding hydrogens is 1020 g/mol. The van der Waals surface area contributed by atoms with E-state index < -0.39 is 53.6 Å². The van der Waals surface area contributed by atoms with Crippen molar-refractivity contribution in [3.8, 4) is 11.4 Å². The molecule has 2 fully saturated rings. The van der Waals surface area contributed by atoms with Gasteiger partial charge in [-0.1, -0.05) is 58.1 Å². The van der Waals surface area contributed by atoms with Crippen molar-refractivity contribution in [2.24, 2.45) is 23.5 Å². The highest BCUT2D eigenvalue weighted by Gasteiger charge is 2.45. The monoisotopic (exact) mass is 1090 g/mol. The second kappa shape index (κ2) is 26.7. The number of alkyl carbamates (subject to hydrolysis) is 1. The molecule has 8 rings (SSSR count). The van der Waals surface area contributed by atoms with Gasteiger partial charge in [-0.2, -0.15) is 0 Å². The van der Waals surface area contributed by atoms with Gasteiger partial charge in [-0.15, -0.1) is 0 Å². The summed E-state index contributed by atoms with van der Waals surface area (Å²) >= 11 is 0. The van der Waals surface area contributed by atoms with Gasteiger partial charge in [-0.05, 0) is 104 Å². The van der Waals surface area contributed by atoms with Crippen LogP contribution in [-0.4, -0.2) is 108 Å². The molecule has 3 aliphatic heterocycles. The number of halogens is 1. The average Bonchev–Trinajstić information content (AvgIpc) is 4.09. The van der Waals surface area contributed by atoms with Crippen LogP contribution in [0, 0.1) is 30.5 Å². The van der Waals surface area contributed by atoms with Gasteiger partial charge < -0.3 is 50.5 Å². The lowest BCUT2D eigenvalue weighted by Gasteiger charge is -2.26. The van der Waals surface area contributed by atoms with E-state index in [1.165, 1.54) is 30.7 Å². The standard InChI is InChI=1S/C58H73FN8O12/c1-5-38(36-11-7-8-12-36)42-27-51(69)66(55(42)72)20-22-77-24-23-76-21-18-50(68)62-34(4)53(70)65-47(13-9-10-19-60)54(71)63-37-16-14-35(15-17-37)31-79-58(75)61-29-43-41-25-33(3)46(59)28-48(41)64-52-44(43)30-67-49(52)26-40-39(6-2)57(74)78-32-45(40)56(67)73/h14-17,25-26,28,34,36,38-39,42,47H,5-13,18-24,27,29-32,60H2,1-4H3,(H,61,75)(H,62,68)(H,63,71)(H,65,70)/t34-,38?,39?,42?,47-/m0/s1. The molecule has 0 radical (unpaired) electrons. The number of likely N-dealkylation sites (tertiary alicyclic amines) is 1. The van der Waals surface area contributed by atoms with Crippen LogP contribution in [0.15, 0.2) is 47.3 Å². The van der Waals surface area contributed by atoms with E-state index in [1.54, 1.807) is 47.9 Å². The molecule has 1 aliphatic carbocycles. The van der Waals surface area contributed by atoms with E-state index in [4.69, 9.17) is 29.7 Å². The average molecular weight is 1090 g/mol. The summed E-state index contributed by atoms with van der Waals surface area (Å²) in [6, 6.07) is 9.48. The Hall–Kier alpha value is -7.10. The van der Waals surface area contributed by atoms with Crippen molar-refractivity contribution in [2.75, 3.05) is 44.8 Å². The largest absolute Gasteiger partial charge is 0.460 e. The van der Waals surface area contributed by atoms with Crippen LogP contribution in [0.2, 0.25) is 0 Å². The first-order valence-corrected chi connectivity index (χ1v) is 27.8. The minimum Gasteiger partial charge on any atom is -0.460 e. The van der Waals surface area contributed by atoms with E-state index in [0.717, 1.165) is 19.3 Å². The Morgan fingerprint density at radius 3 is 2.39 bits per heavy atom. The molecule has 424 valence electrons. The minimum atomic E-state index is -0.968. The molecule has 1 saturated heterocycles. The molecule has 5 heterocycles. The number of carbonyl (C=O) groups excluding carboxylic acids is 7. The molecule has 6 N–H and O–H groups in total. The number of rotatable bonds is 26. The zero-order valence-corrected chi connectivity index (χ0v) is 45.6. The molecule has 2 aromatic heterocycles. The zero-order chi connectivity index (χ0) is 56.3. The number of amides is 6. The van der Waals surface area contributed by atoms with E-state index in [9.17, 15) is 42.7 Å². The van der Waals surface area contributed by atoms with Crippen molar-refractivity contribution in [1.82, 2.24) is 30.4 Å². The van der Waals surface area contributed by atoms with Crippen LogP contribution in [0.4, 0.5) is 14.9 Å². The Morgan fingerprint density at radius 1 is 0.924 bits per heavy atom. The highest BCUT2D eigenvalue weighted by atomic mass is 19.1. The lowest BCUT2D eigenvalue weighted by atomic mass is 9.78. The number of hydrogen-bond acceptors (Lipinski definition) is 14. The van der Waals surface area contributed by atoms with Crippen LogP contribution in [-0.2, 0) is 74.0 Å². The van der Waals surface area contributed by atoms with Gasteiger partial charge in [0.25, 0.3) is 5.56 Å². The number of anilines is 1. The number of cyclic esters (lactones) is 1. The fraction of sp³-hybridized carbons (Fsp3) is 0.534. The van der Waals surface area contributed by atoms with Gasteiger partial charge in [0.2, 0.25) is 29.5 Å².